The Morgan fingerprint density at radius 3 is 2.62 bits per heavy atom. The molecule has 1 aromatic rings. The maximum absolute atomic E-state index is 11.1. The molecular formula is C15H22O6. The molecule has 0 heterocycles. The minimum Gasteiger partial charge on any atom is -0.490 e. The molecule has 0 saturated carbocycles. The topological polar surface area (TPSA) is 85.2 Å². The van der Waals surface area contributed by atoms with Crippen LogP contribution in [-0.2, 0) is 9.47 Å². The number of carbonyl (C=O) groups is 1. The summed E-state index contributed by atoms with van der Waals surface area (Å²) in [5, 5.41) is 18.9. The summed E-state index contributed by atoms with van der Waals surface area (Å²) in [6.45, 7) is 4.17. The highest BCUT2D eigenvalue weighted by molar-refractivity contribution is 5.90. The summed E-state index contributed by atoms with van der Waals surface area (Å²) in [7, 11) is 1.57. The molecule has 0 radical (unpaired) electrons. The van der Waals surface area contributed by atoms with Crippen LogP contribution in [-0.4, -0.2) is 55.3 Å². The van der Waals surface area contributed by atoms with Gasteiger partial charge in [0.2, 0.25) is 0 Å². The van der Waals surface area contributed by atoms with E-state index in [4.69, 9.17) is 19.3 Å². The number of methoxy groups -OCH3 is 1. The van der Waals surface area contributed by atoms with E-state index >= 15 is 0 Å². The van der Waals surface area contributed by atoms with E-state index in [0.717, 1.165) is 5.56 Å². The summed E-state index contributed by atoms with van der Waals surface area (Å²) in [4.78, 5) is 11.1. The van der Waals surface area contributed by atoms with Gasteiger partial charge in [-0.3, -0.25) is 0 Å². The van der Waals surface area contributed by atoms with Crippen molar-refractivity contribution in [3.63, 3.8) is 0 Å². The minimum absolute atomic E-state index is 0.0383. The number of aliphatic hydroxyl groups is 1. The lowest BCUT2D eigenvalue weighted by Crippen LogP contribution is -2.27. The molecule has 2 atom stereocenters. The Morgan fingerprint density at radius 2 is 2.00 bits per heavy atom. The number of benzene rings is 1. The lowest BCUT2D eigenvalue weighted by Gasteiger charge is -2.17. The summed E-state index contributed by atoms with van der Waals surface area (Å²) in [5.41, 5.74) is 0.955. The molecule has 2 N–H and O–H groups in total. The summed E-state index contributed by atoms with van der Waals surface area (Å²) < 4.78 is 15.7. The Balaban J connectivity index is 2.51. The number of rotatable bonds is 9. The van der Waals surface area contributed by atoms with Crippen LogP contribution in [0.2, 0.25) is 0 Å². The first-order valence-electron chi connectivity index (χ1n) is 6.69. The summed E-state index contributed by atoms with van der Waals surface area (Å²) in [6, 6.07) is 4.81. The maximum Gasteiger partial charge on any atom is 0.339 e. The first-order chi connectivity index (χ1) is 9.93. The number of hydrogen-bond donors (Lipinski definition) is 2. The van der Waals surface area contributed by atoms with Gasteiger partial charge in [0.05, 0.1) is 19.3 Å². The molecule has 0 fully saturated rings. The molecule has 0 aliphatic carbocycles. The summed E-state index contributed by atoms with van der Waals surface area (Å²) in [6.07, 6.45) is -0.968. The van der Waals surface area contributed by atoms with Gasteiger partial charge in [-0.2, -0.15) is 0 Å². The van der Waals surface area contributed by atoms with Crippen LogP contribution < -0.4 is 4.74 Å². The van der Waals surface area contributed by atoms with Gasteiger partial charge in [0.25, 0.3) is 0 Å². The Hall–Kier alpha value is -1.63. The number of aromatic carboxylic acids is 1. The van der Waals surface area contributed by atoms with E-state index in [-0.39, 0.29) is 30.6 Å². The maximum atomic E-state index is 11.1. The normalized spacial score (nSPS) is 13.7. The van der Waals surface area contributed by atoms with Gasteiger partial charge in [-0.25, -0.2) is 4.79 Å². The zero-order valence-electron chi connectivity index (χ0n) is 12.5. The monoisotopic (exact) mass is 298 g/mol. The highest BCUT2D eigenvalue weighted by Gasteiger charge is 2.14. The average Bonchev–Trinajstić information content (AvgIpc) is 2.43. The van der Waals surface area contributed by atoms with Crippen LogP contribution in [0.3, 0.4) is 0 Å². The first kappa shape index (κ1) is 17.4. The predicted octanol–water partition coefficient (Wildman–Crippen LogP) is 1.48. The number of carboxylic acids is 1. The largest absolute Gasteiger partial charge is 0.490 e. The van der Waals surface area contributed by atoms with Crippen molar-refractivity contribution in [1.82, 2.24) is 0 Å². The third-order valence-corrected chi connectivity index (χ3v) is 2.77. The lowest BCUT2D eigenvalue weighted by atomic mass is 10.1. The molecule has 6 nitrogen and oxygen atoms in total. The molecule has 0 spiro atoms. The van der Waals surface area contributed by atoms with Gasteiger partial charge in [-0.1, -0.05) is 6.07 Å². The molecule has 2 unspecified atom stereocenters. The third kappa shape index (κ3) is 6.12. The van der Waals surface area contributed by atoms with E-state index in [2.05, 4.69) is 0 Å². The van der Waals surface area contributed by atoms with Crippen LogP contribution in [0, 0.1) is 6.92 Å². The van der Waals surface area contributed by atoms with E-state index in [1.54, 1.807) is 19.2 Å². The fraction of sp³-hybridized carbons (Fsp3) is 0.533. The van der Waals surface area contributed by atoms with Gasteiger partial charge in [0.15, 0.2) is 0 Å². The van der Waals surface area contributed by atoms with Crippen LogP contribution >= 0.6 is 0 Å². The number of ether oxygens (including phenoxy) is 3. The average molecular weight is 298 g/mol. The van der Waals surface area contributed by atoms with Crippen LogP contribution in [0.1, 0.15) is 22.8 Å². The van der Waals surface area contributed by atoms with E-state index in [9.17, 15) is 9.90 Å². The molecule has 0 saturated heterocycles. The molecule has 0 aliphatic heterocycles. The quantitative estimate of drug-likeness (QED) is 0.718. The van der Waals surface area contributed by atoms with Gasteiger partial charge in [-0.15, -0.1) is 0 Å². The second-order valence-electron chi connectivity index (χ2n) is 4.87. The Kier molecular flexibility index (Phi) is 7.14. The molecule has 0 aliphatic rings. The Morgan fingerprint density at radius 1 is 1.29 bits per heavy atom. The number of aryl methyl sites for hydroxylation is 1. The zero-order chi connectivity index (χ0) is 15.8. The van der Waals surface area contributed by atoms with Crippen molar-refractivity contribution in [2.24, 2.45) is 0 Å². The molecule has 0 bridgehead atoms. The molecule has 1 aromatic carbocycles. The standard InChI is InChI=1S/C15H22O6/c1-10-4-5-13(15(17)18)14(6-10)21-9-12(16)8-20-11(2)7-19-3/h4-6,11-12,16H,7-9H2,1-3H3,(H,17,18). The summed E-state index contributed by atoms with van der Waals surface area (Å²) in [5.74, 6) is -0.823. The van der Waals surface area contributed by atoms with Crippen LogP contribution in [0.25, 0.3) is 0 Å². The van der Waals surface area contributed by atoms with Crippen LogP contribution in [0.15, 0.2) is 18.2 Å². The second kappa shape index (κ2) is 8.61. The molecule has 0 aromatic heterocycles. The van der Waals surface area contributed by atoms with E-state index in [1.165, 1.54) is 6.07 Å². The molecule has 1 rings (SSSR count). The van der Waals surface area contributed by atoms with Gasteiger partial charge >= 0.3 is 5.97 Å². The molecule has 6 heteroatoms. The van der Waals surface area contributed by atoms with Crippen molar-refractivity contribution in [2.45, 2.75) is 26.1 Å². The molecule has 21 heavy (non-hydrogen) atoms. The first-order valence-corrected chi connectivity index (χ1v) is 6.69. The second-order valence-corrected chi connectivity index (χ2v) is 4.87. The number of hydrogen-bond acceptors (Lipinski definition) is 5. The van der Waals surface area contributed by atoms with Crippen molar-refractivity contribution >= 4 is 5.97 Å². The van der Waals surface area contributed by atoms with E-state index in [1.807, 2.05) is 13.8 Å². The number of aliphatic hydroxyl groups excluding tert-OH is 1. The fourth-order valence-electron chi connectivity index (χ4n) is 1.72. The predicted molar refractivity (Wildman–Crippen MR) is 76.9 cm³/mol. The van der Waals surface area contributed by atoms with E-state index in [0.29, 0.717) is 6.61 Å². The van der Waals surface area contributed by atoms with Gasteiger partial charge in [0.1, 0.15) is 24.0 Å². The molecule has 118 valence electrons. The summed E-state index contributed by atoms with van der Waals surface area (Å²) >= 11 is 0. The smallest absolute Gasteiger partial charge is 0.339 e. The molecular weight excluding hydrogens is 276 g/mol. The van der Waals surface area contributed by atoms with Crippen molar-refractivity contribution in [3.05, 3.63) is 29.3 Å². The third-order valence-electron chi connectivity index (χ3n) is 2.77. The van der Waals surface area contributed by atoms with Crippen molar-refractivity contribution < 1.29 is 29.2 Å². The number of carboxylic acid groups (broad SMARTS) is 1. The van der Waals surface area contributed by atoms with Crippen molar-refractivity contribution in [3.8, 4) is 5.75 Å². The highest BCUT2D eigenvalue weighted by atomic mass is 16.5. The van der Waals surface area contributed by atoms with E-state index < -0.39 is 12.1 Å². The van der Waals surface area contributed by atoms with Crippen molar-refractivity contribution in [2.75, 3.05) is 26.9 Å². The Bertz CT molecular complexity index is 459. The Labute approximate surface area is 124 Å². The van der Waals surface area contributed by atoms with Gasteiger partial charge in [0, 0.05) is 7.11 Å². The van der Waals surface area contributed by atoms with Crippen molar-refractivity contribution in [1.29, 1.82) is 0 Å². The highest BCUT2D eigenvalue weighted by Crippen LogP contribution is 2.20. The van der Waals surface area contributed by atoms with Gasteiger partial charge < -0.3 is 24.4 Å². The van der Waals surface area contributed by atoms with Crippen LogP contribution in [0.5, 0.6) is 5.75 Å². The fourth-order valence-corrected chi connectivity index (χ4v) is 1.72. The SMILES string of the molecule is COCC(C)OCC(O)COc1cc(C)ccc1C(=O)O. The minimum atomic E-state index is -1.07. The van der Waals surface area contributed by atoms with Gasteiger partial charge in [-0.05, 0) is 31.5 Å². The molecule has 0 amide bonds. The van der Waals surface area contributed by atoms with Crippen LogP contribution in [0.4, 0.5) is 0 Å². The zero-order valence-corrected chi connectivity index (χ0v) is 12.5. The lowest BCUT2D eigenvalue weighted by molar-refractivity contribution is -0.0423.